The van der Waals surface area contributed by atoms with E-state index in [2.05, 4.69) is 20.7 Å². The molecule has 0 saturated heterocycles. The SMILES string of the molecule is CCOC(=O)C(F)(Br)C(O)c1ccc(C)cc1. The smallest absolute Gasteiger partial charge is 0.358 e. The fourth-order valence-electron chi connectivity index (χ4n) is 1.30. The van der Waals surface area contributed by atoms with Crippen molar-refractivity contribution in [2.24, 2.45) is 0 Å². The second-order valence-electron chi connectivity index (χ2n) is 3.66. The Hall–Kier alpha value is -0.940. The van der Waals surface area contributed by atoms with E-state index in [4.69, 9.17) is 0 Å². The maximum atomic E-state index is 14.0. The van der Waals surface area contributed by atoms with Crippen LogP contribution in [0.1, 0.15) is 24.2 Å². The molecule has 94 valence electrons. The molecule has 1 rings (SSSR count). The number of ether oxygens (including phenoxy) is 1. The molecule has 0 amide bonds. The van der Waals surface area contributed by atoms with E-state index >= 15 is 0 Å². The van der Waals surface area contributed by atoms with E-state index in [1.807, 2.05) is 6.92 Å². The number of aliphatic hydroxyl groups excluding tert-OH is 1. The van der Waals surface area contributed by atoms with Crippen LogP contribution in [0.4, 0.5) is 4.39 Å². The van der Waals surface area contributed by atoms with Crippen molar-refractivity contribution in [3.63, 3.8) is 0 Å². The van der Waals surface area contributed by atoms with Crippen LogP contribution in [0.5, 0.6) is 0 Å². The highest BCUT2D eigenvalue weighted by atomic mass is 79.9. The minimum Gasteiger partial charge on any atom is -0.463 e. The van der Waals surface area contributed by atoms with Crippen LogP contribution in [0.3, 0.4) is 0 Å². The standard InChI is InChI=1S/C12H14BrFO3/c1-3-17-11(16)12(13,14)10(15)9-6-4-8(2)5-7-9/h4-7,10,15H,3H2,1-2H3. The molecule has 0 aliphatic carbocycles. The number of hydrogen-bond acceptors (Lipinski definition) is 3. The third-order valence-electron chi connectivity index (χ3n) is 2.28. The molecule has 0 aliphatic heterocycles. The zero-order valence-corrected chi connectivity index (χ0v) is 11.2. The monoisotopic (exact) mass is 304 g/mol. The van der Waals surface area contributed by atoms with Crippen LogP contribution >= 0.6 is 15.9 Å². The van der Waals surface area contributed by atoms with Gasteiger partial charge >= 0.3 is 5.97 Å². The number of rotatable bonds is 4. The topological polar surface area (TPSA) is 46.5 Å². The van der Waals surface area contributed by atoms with Gasteiger partial charge < -0.3 is 9.84 Å². The molecule has 0 radical (unpaired) electrons. The van der Waals surface area contributed by atoms with Crippen LogP contribution in [-0.4, -0.2) is 22.3 Å². The molecule has 0 bridgehead atoms. The molecule has 3 nitrogen and oxygen atoms in total. The van der Waals surface area contributed by atoms with E-state index in [0.717, 1.165) is 5.56 Å². The van der Waals surface area contributed by atoms with E-state index in [9.17, 15) is 14.3 Å². The highest BCUT2D eigenvalue weighted by molar-refractivity contribution is 9.10. The van der Waals surface area contributed by atoms with E-state index < -0.39 is 16.7 Å². The van der Waals surface area contributed by atoms with Gasteiger partial charge in [0, 0.05) is 0 Å². The summed E-state index contributed by atoms with van der Waals surface area (Å²) in [5.41, 5.74) is 1.29. The lowest BCUT2D eigenvalue weighted by atomic mass is 10.0. The maximum absolute atomic E-state index is 14.0. The van der Waals surface area contributed by atoms with Gasteiger partial charge in [-0.3, -0.25) is 0 Å². The molecule has 1 N–H and O–H groups in total. The van der Waals surface area contributed by atoms with E-state index in [-0.39, 0.29) is 6.61 Å². The van der Waals surface area contributed by atoms with Crippen molar-refractivity contribution >= 4 is 21.9 Å². The van der Waals surface area contributed by atoms with E-state index in [1.165, 1.54) is 0 Å². The molecule has 0 fully saturated rings. The number of alkyl halides is 2. The molecule has 0 heterocycles. The summed E-state index contributed by atoms with van der Waals surface area (Å²) in [6.45, 7) is 3.49. The number of hydrogen-bond donors (Lipinski definition) is 1. The Bertz CT molecular complexity index is 389. The Morgan fingerprint density at radius 3 is 2.53 bits per heavy atom. The quantitative estimate of drug-likeness (QED) is 0.687. The molecular weight excluding hydrogens is 291 g/mol. The highest BCUT2D eigenvalue weighted by Gasteiger charge is 2.45. The number of carbonyl (C=O) groups excluding carboxylic acids is 1. The van der Waals surface area contributed by atoms with Crippen LogP contribution < -0.4 is 0 Å². The largest absolute Gasteiger partial charge is 0.463 e. The minimum absolute atomic E-state index is 0.0523. The molecular formula is C12H14BrFO3. The number of aliphatic hydroxyl groups is 1. The van der Waals surface area contributed by atoms with Crippen molar-refractivity contribution in [3.05, 3.63) is 35.4 Å². The molecule has 2 unspecified atom stereocenters. The normalized spacial score (nSPS) is 16.1. The molecule has 0 aromatic heterocycles. The Labute approximate surface area is 108 Å². The summed E-state index contributed by atoms with van der Waals surface area (Å²) < 4.78 is 16.0. The van der Waals surface area contributed by atoms with Gasteiger partial charge in [0.25, 0.3) is 4.58 Å². The summed E-state index contributed by atoms with van der Waals surface area (Å²) in [6.07, 6.45) is -1.61. The fourth-order valence-corrected chi connectivity index (χ4v) is 1.68. The minimum atomic E-state index is -2.63. The van der Waals surface area contributed by atoms with Gasteiger partial charge in [0.05, 0.1) is 6.61 Å². The fraction of sp³-hybridized carbons (Fsp3) is 0.417. The van der Waals surface area contributed by atoms with Crippen molar-refractivity contribution in [3.8, 4) is 0 Å². The molecule has 2 atom stereocenters. The van der Waals surface area contributed by atoms with Crippen molar-refractivity contribution in [1.82, 2.24) is 0 Å². The lowest BCUT2D eigenvalue weighted by molar-refractivity contribution is -0.156. The molecule has 0 saturated carbocycles. The second-order valence-corrected chi connectivity index (χ2v) is 4.81. The van der Waals surface area contributed by atoms with Crippen molar-refractivity contribution in [2.75, 3.05) is 6.61 Å². The Morgan fingerprint density at radius 1 is 1.53 bits per heavy atom. The van der Waals surface area contributed by atoms with Gasteiger partial charge in [0.15, 0.2) is 0 Å². The maximum Gasteiger partial charge on any atom is 0.358 e. The highest BCUT2D eigenvalue weighted by Crippen LogP contribution is 2.36. The lowest BCUT2D eigenvalue weighted by Crippen LogP contribution is -2.35. The van der Waals surface area contributed by atoms with E-state index in [1.54, 1.807) is 31.2 Å². The summed E-state index contributed by atoms with van der Waals surface area (Å²) in [4.78, 5) is 11.3. The number of aryl methyl sites for hydroxylation is 1. The van der Waals surface area contributed by atoms with Crippen LogP contribution in [0.2, 0.25) is 0 Å². The first-order chi connectivity index (χ1) is 7.89. The van der Waals surface area contributed by atoms with E-state index in [0.29, 0.717) is 5.56 Å². The lowest BCUT2D eigenvalue weighted by Gasteiger charge is -2.22. The zero-order valence-electron chi connectivity index (χ0n) is 9.61. The summed E-state index contributed by atoms with van der Waals surface area (Å²) in [5, 5.41) is 9.81. The summed E-state index contributed by atoms with van der Waals surface area (Å²) in [7, 11) is 0. The molecule has 0 aliphatic rings. The number of carbonyl (C=O) groups is 1. The predicted molar refractivity (Wildman–Crippen MR) is 65.5 cm³/mol. The first kappa shape index (κ1) is 14.1. The van der Waals surface area contributed by atoms with Crippen molar-refractivity contribution < 1.29 is 19.0 Å². The van der Waals surface area contributed by atoms with Gasteiger partial charge in [-0.05, 0) is 35.3 Å². The van der Waals surface area contributed by atoms with Gasteiger partial charge in [0.1, 0.15) is 6.10 Å². The Morgan fingerprint density at radius 2 is 2.06 bits per heavy atom. The Balaban J connectivity index is 2.91. The summed E-state index contributed by atoms with van der Waals surface area (Å²) in [6, 6.07) is 6.59. The van der Waals surface area contributed by atoms with Gasteiger partial charge in [-0.2, -0.15) is 0 Å². The zero-order chi connectivity index (χ0) is 13.1. The molecule has 1 aromatic carbocycles. The van der Waals surface area contributed by atoms with Crippen LogP contribution in [-0.2, 0) is 9.53 Å². The molecule has 1 aromatic rings. The first-order valence-corrected chi connectivity index (χ1v) is 5.98. The van der Waals surface area contributed by atoms with Crippen molar-refractivity contribution in [2.45, 2.75) is 24.5 Å². The number of halogens is 2. The molecule has 0 spiro atoms. The second kappa shape index (κ2) is 5.60. The van der Waals surface area contributed by atoms with Crippen molar-refractivity contribution in [1.29, 1.82) is 0 Å². The third kappa shape index (κ3) is 3.26. The first-order valence-electron chi connectivity index (χ1n) is 5.19. The number of benzene rings is 1. The van der Waals surface area contributed by atoms with Crippen LogP contribution in [0, 0.1) is 6.92 Å². The van der Waals surface area contributed by atoms with Gasteiger partial charge in [-0.25, -0.2) is 9.18 Å². The predicted octanol–water partition coefficient (Wildman–Crippen LogP) is 2.65. The average Bonchev–Trinajstić information content (AvgIpc) is 2.29. The number of esters is 1. The van der Waals surface area contributed by atoms with Crippen LogP contribution in [0.15, 0.2) is 24.3 Å². The molecule has 5 heteroatoms. The van der Waals surface area contributed by atoms with Gasteiger partial charge in [-0.1, -0.05) is 29.8 Å². The Kier molecular flexibility index (Phi) is 4.65. The molecule has 17 heavy (non-hydrogen) atoms. The van der Waals surface area contributed by atoms with Gasteiger partial charge in [-0.15, -0.1) is 0 Å². The van der Waals surface area contributed by atoms with Crippen LogP contribution in [0.25, 0.3) is 0 Å². The summed E-state index contributed by atoms with van der Waals surface area (Å²) >= 11 is 2.58. The average molecular weight is 305 g/mol. The third-order valence-corrected chi connectivity index (χ3v) is 3.04. The summed E-state index contributed by atoms with van der Waals surface area (Å²) in [5.74, 6) is -1.13. The van der Waals surface area contributed by atoms with Gasteiger partial charge in [0.2, 0.25) is 0 Å².